The van der Waals surface area contributed by atoms with Crippen molar-refractivity contribution in [3.8, 4) is 11.8 Å². The zero-order chi connectivity index (χ0) is 24.0. The van der Waals surface area contributed by atoms with E-state index in [0.29, 0.717) is 0 Å². The second-order valence-corrected chi connectivity index (χ2v) is 10.4. The molecule has 3 nitrogen and oxygen atoms in total. The fourth-order valence-corrected chi connectivity index (χ4v) is 6.55. The Morgan fingerprint density at radius 1 is 0.829 bits per heavy atom. The lowest BCUT2D eigenvalue weighted by Crippen LogP contribution is -2.47. The maximum Gasteiger partial charge on any atom is 0.114 e. The van der Waals surface area contributed by atoms with E-state index in [1.807, 2.05) is 0 Å². The molecule has 35 heavy (non-hydrogen) atoms. The molecular weight excluding hydrogens is 426 g/mol. The zero-order valence-electron chi connectivity index (χ0n) is 20.5. The van der Waals surface area contributed by atoms with Crippen LogP contribution >= 0.6 is 0 Å². The van der Waals surface area contributed by atoms with Crippen molar-refractivity contribution in [3.63, 3.8) is 0 Å². The number of nitrogens with one attached hydrogen (secondary N) is 1. The van der Waals surface area contributed by atoms with Crippen molar-refractivity contribution in [2.24, 2.45) is 5.41 Å². The van der Waals surface area contributed by atoms with Crippen molar-refractivity contribution in [2.75, 3.05) is 6.54 Å². The fourth-order valence-electron chi connectivity index (χ4n) is 6.55. The normalized spacial score (nSPS) is 26.5. The first-order valence-electron chi connectivity index (χ1n) is 12.6. The summed E-state index contributed by atoms with van der Waals surface area (Å²) in [5.41, 5.74) is 6.31. The summed E-state index contributed by atoms with van der Waals surface area (Å²) in [6, 6.07) is 28.6. The molecule has 0 fully saturated rings. The van der Waals surface area contributed by atoms with Crippen molar-refractivity contribution >= 4 is 21.8 Å². The Bertz CT molecular complexity index is 1480. The molecule has 0 radical (unpaired) electrons. The molecule has 1 aliphatic carbocycles. The van der Waals surface area contributed by atoms with Crippen LogP contribution in [0.2, 0.25) is 0 Å². The summed E-state index contributed by atoms with van der Waals surface area (Å²) >= 11 is 0. The fraction of sp³-hybridized carbons (Fsp3) is 0.281. The number of fused-ring (bicyclic) bond motifs is 3. The second-order valence-electron chi connectivity index (χ2n) is 10.4. The smallest absolute Gasteiger partial charge is 0.114 e. The van der Waals surface area contributed by atoms with Gasteiger partial charge >= 0.3 is 0 Å². The average molecular weight is 458 g/mol. The highest BCUT2D eigenvalue weighted by atomic mass is 15.0. The van der Waals surface area contributed by atoms with Crippen LogP contribution < -0.4 is 5.32 Å². The molecule has 1 aliphatic heterocycles. The van der Waals surface area contributed by atoms with Gasteiger partial charge in [0.15, 0.2) is 0 Å². The first-order chi connectivity index (χ1) is 17.1. The average Bonchev–Trinajstić information content (AvgIpc) is 3.25. The van der Waals surface area contributed by atoms with E-state index in [0.717, 1.165) is 25.8 Å². The minimum atomic E-state index is -0.210. The third kappa shape index (κ3) is 3.21. The molecule has 3 unspecified atom stereocenters. The van der Waals surface area contributed by atoms with E-state index in [1.165, 1.54) is 38.6 Å². The Hall–Kier alpha value is -3.61. The van der Waals surface area contributed by atoms with E-state index in [2.05, 4.69) is 121 Å². The van der Waals surface area contributed by atoms with E-state index >= 15 is 0 Å². The summed E-state index contributed by atoms with van der Waals surface area (Å²) in [6.45, 7) is 5.71. The molecular formula is C32H31N3. The molecule has 2 heterocycles. The Balaban J connectivity index is 1.62. The lowest BCUT2D eigenvalue weighted by molar-refractivity contribution is 0.184. The Labute approximate surface area is 207 Å². The number of hydrogen-bond donors (Lipinski definition) is 1. The minimum Gasteiger partial charge on any atom is -0.309 e. The van der Waals surface area contributed by atoms with Gasteiger partial charge in [0.05, 0.1) is 17.1 Å². The predicted octanol–water partition coefficient (Wildman–Crippen LogP) is 7.21. The highest BCUT2D eigenvalue weighted by Crippen LogP contribution is 2.56. The lowest BCUT2D eigenvalue weighted by Gasteiger charge is -2.51. The maximum absolute atomic E-state index is 9.63. The van der Waals surface area contributed by atoms with Gasteiger partial charge in [-0.25, -0.2) is 0 Å². The van der Waals surface area contributed by atoms with Crippen LogP contribution in [-0.4, -0.2) is 17.2 Å². The summed E-state index contributed by atoms with van der Waals surface area (Å²) in [7, 11) is 0. The zero-order valence-corrected chi connectivity index (χ0v) is 20.5. The number of hydrogen-bond acceptors (Lipinski definition) is 2. The summed E-state index contributed by atoms with van der Waals surface area (Å²) in [6.07, 6.45) is 9.83. The number of allylic oxidation sites excluding steroid dienone is 2. The third-order valence-corrected chi connectivity index (χ3v) is 8.73. The summed E-state index contributed by atoms with van der Waals surface area (Å²) < 4.78 is 2.46. The van der Waals surface area contributed by atoms with Crippen LogP contribution in [0, 0.1) is 16.7 Å². The summed E-state index contributed by atoms with van der Waals surface area (Å²) in [5, 5.41) is 15.5. The van der Waals surface area contributed by atoms with Crippen molar-refractivity contribution < 1.29 is 0 Å². The molecule has 1 N–H and O–H groups in total. The predicted molar refractivity (Wildman–Crippen MR) is 145 cm³/mol. The van der Waals surface area contributed by atoms with Gasteiger partial charge in [0, 0.05) is 33.8 Å². The Morgan fingerprint density at radius 2 is 1.43 bits per heavy atom. The van der Waals surface area contributed by atoms with Crippen molar-refractivity contribution in [3.05, 3.63) is 102 Å². The van der Waals surface area contributed by atoms with Gasteiger partial charge in [-0.2, -0.15) is 5.26 Å². The molecule has 4 aromatic rings. The van der Waals surface area contributed by atoms with Gasteiger partial charge in [-0.05, 0) is 43.0 Å². The highest BCUT2D eigenvalue weighted by Gasteiger charge is 2.49. The Kier molecular flexibility index (Phi) is 5.16. The molecule has 174 valence electrons. The van der Waals surface area contributed by atoms with Gasteiger partial charge in [0.25, 0.3) is 0 Å². The van der Waals surface area contributed by atoms with E-state index in [-0.39, 0.29) is 16.9 Å². The van der Waals surface area contributed by atoms with Gasteiger partial charge in [-0.3, -0.25) is 5.32 Å². The van der Waals surface area contributed by atoms with E-state index in [1.54, 1.807) is 0 Å². The van der Waals surface area contributed by atoms with Gasteiger partial charge in [0.2, 0.25) is 0 Å². The number of benzene rings is 3. The van der Waals surface area contributed by atoms with Crippen molar-refractivity contribution in [1.29, 1.82) is 5.26 Å². The maximum atomic E-state index is 9.63. The Morgan fingerprint density at radius 3 is 2.11 bits per heavy atom. The second kappa shape index (κ2) is 8.26. The highest BCUT2D eigenvalue weighted by molar-refractivity contribution is 6.09. The first-order valence-corrected chi connectivity index (χ1v) is 12.6. The van der Waals surface area contributed by atoms with Crippen LogP contribution in [0.4, 0.5) is 0 Å². The number of aromatic nitrogens is 1. The molecule has 0 saturated carbocycles. The number of para-hydroxylation sites is 3. The summed E-state index contributed by atoms with van der Waals surface area (Å²) in [5.74, 6) is 0. The topological polar surface area (TPSA) is 40.8 Å². The molecule has 3 atom stereocenters. The number of rotatable bonds is 3. The minimum absolute atomic E-state index is 0.0756. The van der Waals surface area contributed by atoms with Gasteiger partial charge in [-0.15, -0.1) is 0 Å². The molecule has 1 aromatic heterocycles. The standard InChI is InChI=1S/C32H31N3/c1-31(23-17-20-34-24(21-23)22-33)18-9-10-19-32(31,2)27-13-5-8-16-30(27)35-28-14-6-3-11-25(28)26-12-4-7-15-29(26)35/h3-16,21,24,34H,17-20H2,1-2H3. The molecule has 2 aliphatic rings. The van der Waals surface area contributed by atoms with Crippen molar-refractivity contribution in [2.45, 2.75) is 44.6 Å². The monoisotopic (exact) mass is 457 g/mol. The first kappa shape index (κ1) is 21.9. The molecule has 3 heteroatoms. The van der Waals surface area contributed by atoms with Crippen LogP contribution in [-0.2, 0) is 5.41 Å². The van der Waals surface area contributed by atoms with E-state index < -0.39 is 0 Å². The van der Waals surface area contributed by atoms with Gasteiger partial charge in [0.1, 0.15) is 6.04 Å². The van der Waals surface area contributed by atoms with Crippen LogP contribution in [0.1, 0.15) is 38.7 Å². The molecule has 0 spiro atoms. The number of nitrogens with zero attached hydrogens (tertiary/aromatic N) is 2. The molecule has 0 bridgehead atoms. The van der Waals surface area contributed by atoms with Crippen LogP contribution in [0.3, 0.4) is 0 Å². The molecule has 0 amide bonds. The molecule has 3 aromatic carbocycles. The molecule has 0 saturated heterocycles. The van der Waals surface area contributed by atoms with Crippen LogP contribution in [0.25, 0.3) is 27.5 Å². The van der Waals surface area contributed by atoms with E-state index in [9.17, 15) is 5.26 Å². The quantitative estimate of drug-likeness (QED) is 0.330. The molecule has 6 rings (SSSR count). The van der Waals surface area contributed by atoms with Crippen LogP contribution in [0.15, 0.2) is 96.6 Å². The SMILES string of the molecule is CC1(C2=CC(C#N)NCC2)CC=CCC1(C)c1ccccc1-n1c2ccccc2c2ccccc21. The van der Waals surface area contributed by atoms with Gasteiger partial charge < -0.3 is 4.57 Å². The van der Waals surface area contributed by atoms with Crippen LogP contribution in [0.5, 0.6) is 0 Å². The summed E-state index contributed by atoms with van der Waals surface area (Å²) in [4.78, 5) is 0. The van der Waals surface area contributed by atoms with Crippen molar-refractivity contribution in [1.82, 2.24) is 9.88 Å². The third-order valence-electron chi connectivity index (χ3n) is 8.73. The van der Waals surface area contributed by atoms with E-state index in [4.69, 9.17) is 0 Å². The number of nitriles is 1. The lowest BCUT2D eigenvalue weighted by atomic mass is 9.53. The largest absolute Gasteiger partial charge is 0.309 e. The van der Waals surface area contributed by atoms with Gasteiger partial charge in [-0.1, -0.05) is 92.2 Å².